The van der Waals surface area contributed by atoms with E-state index >= 15 is 0 Å². The van der Waals surface area contributed by atoms with Crippen LogP contribution < -0.4 is 20.9 Å². The van der Waals surface area contributed by atoms with Crippen LogP contribution >= 0.6 is 0 Å². The van der Waals surface area contributed by atoms with E-state index in [4.69, 9.17) is 5.73 Å². The molecule has 2 unspecified atom stereocenters. The predicted octanol–water partition coefficient (Wildman–Crippen LogP) is 0.511. The molecule has 0 spiro atoms. The molecule has 3 N–H and O–H groups in total. The van der Waals surface area contributed by atoms with Gasteiger partial charge in [-0.2, -0.15) is 0 Å². The van der Waals surface area contributed by atoms with Gasteiger partial charge in [0.1, 0.15) is 5.82 Å². The molecule has 6 rings (SSSR count). The molecule has 14 heteroatoms. The molecule has 1 saturated carbocycles. The second kappa shape index (κ2) is 9.69. The van der Waals surface area contributed by atoms with Crippen molar-refractivity contribution in [3.63, 3.8) is 0 Å². The number of nitrogens with two attached hydrogens (primary N) is 1. The third-order valence-corrected chi connectivity index (χ3v) is 7.48. The Balaban J connectivity index is 1.13. The van der Waals surface area contributed by atoms with Crippen LogP contribution in [0.15, 0.2) is 31.0 Å². The molecule has 3 atom stereocenters. The molecule has 1 aliphatic carbocycles. The molecule has 14 nitrogen and oxygen atoms in total. The van der Waals surface area contributed by atoms with Gasteiger partial charge in [-0.15, -0.1) is 0 Å². The van der Waals surface area contributed by atoms with Crippen LogP contribution in [-0.2, 0) is 9.59 Å². The second-order valence-electron chi connectivity index (χ2n) is 10.3. The zero-order valence-electron chi connectivity index (χ0n) is 21.7. The van der Waals surface area contributed by atoms with Gasteiger partial charge in [0.2, 0.25) is 17.8 Å². The zero-order valence-corrected chi connectivity index (χ0v) is 21.7. The Morgan fingerprint density at radius 3 is 2.62 bits per heavy atom. The van der Waals surface area contributed by atoms with Crippen molar-refractivity contribution >= 4 is 35.3 Å². The van der Waals surface area contributed by atoms with Gasteiger partial charge in [0.25, 0.3) is 5.91 Å². The van der Waals surface area contributed by atoms with Crippen molar-refractivity contribution in [2.75, 3.05) is 48.5 Å². The lowest BCUT2D eigenvalue weighted by Gasteiger charge is -2.19. The van der Waals surface area contributed by atoms with Crippen LogP contribution in [0.2, 0.25) is 0 Å². The van der Waals surface area contributed by atoms with E-state index in [-0.39, 0.29) is 31.2 Å². The van der Waals surface area contributed by atoms with Gasteiger partial charge in [-0.05, 0) is 31.2 Å². The van der Waals surface area contributed by atoms with E-state index < -0.39 is 17.9 Å². The summed E-state index contributed by atoms with van der Waals surface area (Å²) in [5.41, 5.74) is 6.53. The highest BCUT2D eigenvalue weighted by Crippen LogP contribution is 2.45. The van der Waals surface area contributed by atoms with Crippen LogP contribution in [-0.4, -0.2) is 85.5 Å². The molecule has 2 aliphatic heterocycles. The van der Waals surface area contributed by atoms with E-state index in [9.17, 15) is 14.4 Å². The Labute approximate surface area is 224 Å². The Morgan fingerprint density at radius 2 is 1.90 bits per heavy atom. The number of piperidine rings is 1. The molecule has 2 fully saturated rings. The first-order chi connectivity index (χ1) is 18.8. The lowest BCUT2D eigenvalue weighted by Crippen LogP contribution is -2.43. The highest BCUT2D eigenvalue weighted by Gasteiger charge is 2.45. The predicted molar refractivity (Wildman–Crippen MR) is 141 cm³/mol. The Morgan fingerprint density at radius 1 is 1.15 bits per heavy atom. The SMILES string of the molecule is C[C@@H](CC(=O)Nc1ccnc(-c2cnc(N3CC4CC4C3)nc2)n1)n1cnc2c1C(=O)N(CN)C(=O)CN2C. The van der Waals surface area contributed by atoms with Crippen molar-refractivity contribution in [1.82, 2.24) is 34.4 Å². The number of anilines is 3. The number of likely N-dealkylation sites (N-methyl/N-ethyl adjacent to an activating group) is 1. The van der Waals surface area contributed by atoms with Crippen LogP contribution in [0.25, 0.3) is 11.4 Å². The summed E-state index contributed by atoms with van der Waals surface area (Å²) in [7, 11) is 1.68. The monoisotopic (exact) mass is 531 g/mol. The number of carbonyl (C=O) groups is 3. The zero-order chi connectivity index (χ0) is 27.3. The number of nitrogens with zero attached hydrogens (tertiary/aromatic N) is 9. The quantitative estimate of drug-likeness (QED) is 0.408. The molecule has 0 aromatic carbocycles. The molecule has 39 heavy (non-hydrogen) atoms. The van der Waals surface area contributed by atoms with Gasteiger partial charge in [0.05, 0.1) is 25.1 Å². The fraction of sp³-hybridized carbons (Fsp3) is 0.440. The maximum Gasteiger partial charge on any atom is 0.282 e. The number of amides is 3. The van der Waals surface area contributed by atoms with Gasteiger partial charge in [-0.3, -0.25) is 19.3 Å². The fourth-order valence-corrected chi connectivity index (χ4v) is 5.25. The van der Waals surface area contributed by atoms with Gasteiger partial charge in [0, 0.05) is 51.2 Å². The number of carbonyl (C=O) groups excluding carboxylic acids is 3. The molecule has 0 radical (unpaired) electrons. The van der Waals surface area contributed by atoms with Crippen molar-refractivity contribution in [2.45, 2.75) is 25.8 Å². The minimum absolute atomic E-state index is 0.0230. The van der Waals surface area contributed by atoms with Gasteiger partial charge in [0.15, 0.2) is 17.3 Å². The Hall–Kier alpha value is -4.46. The molecule has 3 aliphatic rings. The molecule has 3 aromatic heterocycles. The van der Waals surface area contributed by atoms with Crippen molar-refractivity contribution in [2.24, 2.45) is 17.6 Å². The van der Waals surface area contributed by atoms with Gasteiger partial charge in [-0.1, -0.05) is 0 Å². The minimum Gasteiger partial charge on any atom is -0.348 e. The van der Waals surface area contributed by atoms with E-state index in [1.54, 1.807) is 48.1 Å². The Kier molecular flexibility index (Phi) is 6.17. The molecule has 3 amide bonds. The summed E-state index contributed by atoms with van der Waals surface area (Å²) >= 11 is 0. The molecular formula is C25H29N11O3. The van der Waals surface area contributed by atoms with Crippen molar-refractivity contribution < 1.29 is 14.4 Å². The van der Waals surface area contributed by atoms with Crippen LogP contribution in [0.5, 0.6) is 0 Å². The Bertz CT molecular complexity index is 1430. The first kappa shape index (κ1) is 24.9. The van der Waals surface area contributed by atoms with E-state index in [2.05, 4.69) is 35.1 Å². The smallest absolute Gasteiger partial charge is 0.282 e. The molecule has 1 saturated heterocycles. The maximum atomic E-state index is 13.1. The average Bonchev–Trinajstić information content (AvgIpc) is 3.33. The fourth-order valence-electron chi connectivity index (χ4n) is 5.25. The van der Waals surface area contributed by atoms with E-state index in [0.717, 1.165) is 29.8 Å². The molecular weight excluding hydrogens is 502 g/mol. The number of imidazole rings is 1. The standard InChI is InChI=1S/C25H29N11O3/c1-14(36-13-30-23-21(36)24(39)35(12-26)20(38)11-33(23)2)5-19(37)31-18-3-4-27-22(32-18)17-7-28-25(29-8-17)34-9-15-6-16(15)10-34/h3-4,7-8,13-16H,5-6,9-12,26H2,1-2H3,(H,27,31,32,37)/t14-,15?,16?/m0/s1. The lowest BCUT2D eigenvalue weighted by molar-refractivity contribution is -0.127. The lowest BCUT2D eigenvalue weighted by atomic mass is 10.2. The largest absolute Gasteiger partial charge is 0.348 e. The number of aromatic nitrogens is 6. The summed E-state index contributed by atoms with van der Waals surface area (Å²) in [6.45, 7) is 3.55. The summed E-state index contributed by atoms with van der Waals surface area (Å²) < 4.78 is 1.60. The third kappa shape index (κ3) is 4.67. The first-order valence-electron chi connectivity index (χ1n) is 12.9. The van der Waals surface area contributed by atoms with Crippen molar-refractivity contribution in [3.8, 4) is 11.4 Å². The normalized spacial score (nSPS) is 20.9. The topological polar surface area (TPSA) is 168 Å². The number of hydrogen-bond donors (Lipinski definition) is 2. The molecule has 3 aromatic rings. The molecule has 202 valence electrons. The van der Waals surface area contributed by atoms with Crippen molar-refractivity contribution in [3.05, 3.63) is 36.7 Å². The summed E-state index contributed by atoms with van der Waals surface area (Å²) in [6, 6.07) is 1.16. The molecule has 5 heterocycles. The summed E-state index contributed by atoms with van der Waals surface area (Å²) in [5.74, 6) is 2.13. The van der Waals surface area contributed by atoms with E-state index in [1.165, 1.54) is 12.7 Å². The highest BCUT2D eigenvalue weighted by atomic mass is 16.2. The summed E-state index contributed by atoms with van der Waals surface area (Å²) in [6.07, 6.45) is 7.80. The van der Waals surface area contributed by atoms with Gasteiger partial charge >= 0.3 is 0 Å². The summed E-state index contributed by atoms with van der Waals surface area (Å²) in [4.78, 5) is 65.3. The third-order valence-electron chi connectivity index (χ3n) is 7.48. The van der Waals surface area contributed by atoms with Crippen LogP contribution in [0.4, 0.5) is 17.6 Å². The van der Waals surface area contributed by atoms with Crippen LogP contribution in [0.3, 0.4) is 0 Å². The minimum atomic E-state index is -0.540. The van der Waals surface area contributed by atoms with Crippen LogP contribution in [0, 0.1) is 11.8 Å². The number of fused-ring (bicyclic) bond motifs is 2. The number of imide groups is 1. The van der Waals surface area contributed by atoms with E-state index in [0.29, 0.717) is 29.0 Å². The highest BCUT2D eigenvalue weighted by molar-refractivity contribution is 6.09. The summed E-state index contributed by atoms with van der Waals surface area (Å²) in [5, 5.41) is 2.80. The first-order valence-corrected chi connectivity index (χ1v) is 12.9. The molecule has 0 bridgehead atoms. The van der Waals surface area contributed by atoms with E-state index in [1.807, 2.05) is 0 Å². The number of rotatable bonds is 7. The number of hydrogen-bond acceptors (Lipinski definition) is 11. The maximum absolute atomic E-state index is 13.1. The van der Waals surface area contributed by atoms with Gasteiger partial charge in [-0.25, -0.2) is 24.9 Å². The van der Waals surface area contributed by atoms with Crippen molar-refractivity contribution in [1.29, 1.82) is 0 Å². The van der Waals surface area contributed by atoms with Crippen LogP contribution in [0.1, 0.15) is 36.3 Å². The van der Waals surface area contributed by atoms with Gasteiger partial charge < -0.3 is 25.4 Å². The second-order valence-corrected chi connectivity index (χ2v) is 10.3. The number of nitrogens with one attached hydrogen (secondary N) is 1. The average molecular weight is 532 g/mol.